The molecule has 1 unspecified atom stereocenters. The highest BCUT2D eigenvalue weighted by molar-refractivity contribution is 6.30. The van der Waals surface area contributed by atoms with Crippen LogP contribution in [0, 0.1) is 0 Å². The maximum atomic E-state index is 12.4. The Hall–Kier alpha value is -2.57. The number of rotatable bonds is 8. The minimum Gasteiger partial charge on any atom is -0.481 e. The number of ether oxygens (including phenoxy) is 2. The third kappa shape index (κ3) is 5.75. The van der Waals surface area contributed by atoms with Crippen molar-refractivity contribution in [1.29, 1.82) is 0 Å². The maximum Gasteiger partial charge on any atom is 0.265 e. The predicted molar refractivity (Wildman–Crippen MR) is 101 cm³/mol. The molecule has 2 amide bonds. The molecule has 0 aliphatic rings. The molecule has 138 valence electrons. The topological polar surface area (TPSA) is 76.7 Å². The lowest BCUT2D eigenvalue weighted by molar-refractivity contribution is -0.122. The summed E-state index contributed by atoms with van der Waals surface area (Å²) in [5.41, 5.74) is 0.779. The second-order valence-corrected chi connectivity index (χ2v) is 5.94. The molecule has 0 saturated carbocycles. The van der Waals surface area contributed by atoms with Gasteiger partial charge >= 0.3 is 0 Å². The van der Waals surface area contributed by atoms with E-state index in [2.05, 4.69) is 10.6 Å². The number of anilines is 1. The number of carbonyl (C=O) groups is 2. The average molecular weight is 377 g/mol. The van der Waals surface area contributed by atoms with E-state index in [0.717, 1.165) is 0 Å². The van der Waals surface area contributed by atoms with E-state index in [-0.39, 0.29) is 11.8 Å². The summed E-state index contributed by atoms with van der Waals surface area (Å²) in [6.07, 6.45) is -0.766. The Morgan fingerprint density at radius 2 is 1.92 bits per heavy atom. The monoisotopic (exact) mass is 376 g/mol. The zero-order chi connectivity index (χ0) is 18.9. The lowest BCUT2D eigenvalue weighted by atomic mass is 10.1. The van der Waals surface area contributed by atoms with Crippen LogP contribution in [-0.2, 0) is 9.53 Å². The van der Waals surface area contributed by atoms with Crippen molar-refractivity contribution in [3.8, 4) is 5.75 Å². The fraction of sp³-hybridized carbons (Fsp3) is 0.263. The van der Waals surface area contributed by atoms with Crippen LogP contribution in [0.5, 0.6) is 5.75 Å². The molecular formula is C19H21ClN2O4. The highest BCUT2D eigenvalue weighted by Gasteiger charge is 2.18. The first-order chi connectivity index (χ1) is 12.5. The predicted octanol–water partition coefficient (Wildman–Crippen LogP) is 3.12. The van der Waals surface area contributed by atoms with Gasteiger partial charge in [0.25, 0.3) is 11.8 Å². The van der Waals surface area contributed by atoms with Gasteiger partial charge in [-0.1, -0.05) is 29.8 Å². The number of halogens is 1. The van der Waals surface area contributed by atoms with Crippen LogP contribution >= 0.6 is 11.6 Å². The fourth-order valence-corrected chi connectivity index (χ4v) is 2.36. The molecule has 0 aliphatic carbocycles. The van der Waals surface area contributed by atoms with Crippen LogP contribution in [-0.4, -0.2) is 38.2 Å². The number of methoxy groups -OCH3 is 1. The normalized spacial score (nSPS) is 11.5. The first-order valence-corrected chi connectivity index (χ1v) is 8.48. The second kappa shape index (κ2) is 9.79. The van der Waals surface area contributed by atoms with E-state index in [9.17, 15) is 9.59 Å². The van der Waals surface area contributed by atoms with Crippen molar-refractivity contribution in [1.82, 2.24) is 5.32 Å². The van der Waals surface area contributed by atoms with Gasteiger partial charge in [0.05, 0.1) is 17.9 Å². The van der Waals surface area contributed by atoms with Gasteiger partial charge < -0.3 is 20.1 Å². The second-order valence-electron chi connectivity index (χ2n) is 5.50. The molecule has 0 bridgehead atoms. The maximum absolute atomic E-state index is 12.4. The molecule has 0 fully saturated rings. The summed E-state index contributed by atoms with van der Waals surface area (Å²) in [5, 5.41) is 5.98. The molecule has 2 rings (SSSR count). The summed E-state index contributed by atoms with van der Waals surface area (Å²) in [6.45, 7) is 2.41. The van der Waals surface area contributed by atoms with Gasteiger partial charge in [-0.15, -0.1) is 0 Å². The lowest BCUT2D eigenvalue weighted by Gasteiger charge is -2.16. The molecule has 0 aliphatic heterocycles. The molecule has 1 atom stereocenters. The van der Waals surface area contributed by atoms with Crippen molar-refractivity contribution in [2.75, 3.05) is 25.6 Å². The Labute approximate surface area is 157 Å². The van der Waals surface area contributed by atoms with E-state index in [1.54, 1.807) is 62.6 Å². The average Bonchev–Trinajstić information content (AvgIpc) is 2.62. The lowest BCUT2D eigenvalue weighted by Crippen LogP contribution is -2.32. The van der Waals surface area contributed by atoms with Crippen LogP contribution in [0.25, 0.3) is 0 Å². The van der Waals surface area contributed by atoms with E-state index in [4.69, 9.17) is 21.1 Å². The van der Waals surface area contributed by atoms with Crippen molar-refractivity contribution >= 4 is 29.1 Å². The number of nitrogens with one attached hydrogen (secondary N) is 2. The summed E-state index contributed by atoms with van der Waals surface area (Å²) in [7, 11) is 1.56. The molecule has 2 N–H and O–H groups in total. The van der Waals surface area contributed by atoms with Crippen molar-refractivity contribution in [2.45, 2.75) is 13.0 Å². The zero-order valence-electron chi connectivity index (χ0n) is 14.6. The number of para-hydroxylation sites is 1. The Morgan fingerprint density at radius 3 is 2.65 bits per heavy atom. The van der Waals surface area contributed by atoms with E-state index in [0.29, 0.717) is 35.2 Å². The standard InChI is InChI=1S/C19H21ClN2O4/c1-13(26-15-7-5-6-14(20)12-15)18(23)22-17-9-4-3-8-16(17)19(24)21-10-11-25-2/h3-9,12-13H,10-11H2,1-2H3,(H,21,24)(H,22,23). The highest BCUT2D eigenvalue weighted by Crippen LogP contribution is 2.20. The Kier molecular flexibility index (Phi) is 7.44. The zero-order valence-corrected chi connectivity index (χ0v) is 15.4. The van der Waals surface area contributed by atoms with Crippen LogP contribution in [0.4, 0.5) is 5.69 Å². The molecule has 0 aromatic heterocycles. The van der Waals surface area contributed by atoms with Crippen molar-refractivity contribution in [3.05, 3.63) is 59.1 Å². The Balaban J connectivity index is 2.03. The van der Waals surface area contributed by atoms with Gasteiger partial charge in [-0.25, -0.2) is 0 Å². The van der Waals surface area contributed by atoms with Crippen LogP contribution < -0.4 is 15.4 Å². The third-order valence-electron chi connectivity index (χ3n) is 3.50. The van der Waals surface area contributed by atoms with Gasteiger partial charge in [0.2, 0.25) is 0 Å². The largest absolute Gasteiger partial charge is 0.481 e. The molecule has 2 aromatic carbocycles. The van der Waals surface area contributed by atoms with Crippen LogP contribution in [0.3, 0.4) is 0 Å². The van der Waals surface area contributed by atoms with Crippen LogP contribution in [0.1, 0.15) is 17.3 Å². The molecular weight excluding hydrogens is 356 g/mol. The van der Waals surface area contributed by atoms with Crippen molar-refractivity contribution in [3.63, 3.8) is 0 Å². The smallest absolute Gasteiger partial charge is 0.265 e. The number of benzene rings is 2. The molecule has 0 saturated heterocycles. The molecule has 0 radical (unpaired) electrons. The summed E-state index contributed by atoms with van der Waals surface area (Å²) >= 11 is 5.91. The molecule has 0 heterocycles. The molecule has 2 aromatic rings. The number of hydrogen-bond acceptors (Lipinski definition) is 4. The van der Waals surface area contributed by atoms with Gasteiger partial charge in [0.15, 0.2) is 6.10 Å². The van der Waals surface area contributed by atoms with E-state index in [1.807, 2.05) is 0 Å². The summed E-state index contributed by atoms with van der Waals surface area (Å²) < 4.78 is 10.5. The minimum absolute atomic E-state index is 0.290. The van der Waals surface area contributed by atoms with Gasteiger partial charge in [-0.05, 0) is 37.3 Å². The number of hydrogen-bond donors (Lipinski definition) is 2. The van der Waals surface area contributed by atoms with Gasteiger partial charge in [0, 0.05) is 18.7 Å². The van der Waals surface area contributed by atoms with Crippen LogP contribution in [0.15, 0.2) is 48.5 Å². The summed E-state index contributed by atoms with van der Waals surface area (Å²) in [5.74, 6) is -0.172. The quantitative estimate of drug-likeness (QED) is 0.694. The van der Waals surface area contributed by atoms with Crippen LogP contribution in [0.2, 0.25) is 5.02 Å². The Bertz CT molecular complexity index is 767. The molecule has 6 nitrogen and oxygen atoms in total. The van der Waals surface area contributed by atoms with Crippen molar-refractivity contribution < 1.29 is 19.1 Å². The molecule has 26 heavy (non-hydrogen) atoms. The van der Waals surface area contributed by atoms with Gasteiger partial charge in [-0.2, -0.15) is 0 Å². The van der Waals surface area contributed by atoms with Crippen molar-refractivity contribution in [2.24, 2.45) is 0 Å². The number of carbonyl (C=O) groups excluding carboxylic acids is 2. The Morgan fingerprint density at radius 1 is 1.15 bits per heavy atom. The fourth-order valence-electron chi connectivity index (χ4n) is 2.18. The number of amides is 2. The molecule has 7 heteroatoms. The summed E-state index contributed by atoms with van der Waals surface area (Å²) in [4.78, 5) is 24.7. The third-order valence-corrected chi connectivity index (χ3v) is 3.73. The van der Waals surface area contributed by atoms with E-state index >= 15 is 0 Å². The first kappa shape index (κ1) is 19.8. The highest BCUT2D eigenvalue weighted by atomic mass is 35.5. The van der Waals surface area contributed by atoms with E-state index < -0.39 is 6.10 Å². The summed E-state index contributed by atoms with van der Waals surface area (Å²) in [6, 6.07) is 13.6. The van der Waals surface area contributed by atoms with E-state index in [1.165, 1.54) is 0 Å². The SMILES string of the molecule is COCCNC(=O)c1ccccc1NC(=O)C(C)Oc1cccc(Cl)c1. The van der Waals surface area contributed by atoms with Gasteiger partial charge in [0.1, 0.15) is 5.75 Å². The minimum atomic E-state index is -0.766. The van der Waals surface area contributed by atoms with Gasteiger partial charge in [-0.3, -0.25) is 9.59 Å². The molecule has 0 spiro atoms. The first-order valence-electron chi connectivity index (χ1n) is 8.10.